The van der Waals surface area contributed by atoms with Crippen LogP contribution in [0, 0.1) is 5.82 Å². The van der Waals surface area contributed by atoms with Crippen LogP contribution in [0.1, 0.15) is 37.7 Å². The average Bonchev–Trinajstić information content (AvgIpc) is 3.34. The zero-order chi connectivity index (χ0) is 18.2. The van der Waals surface area contributed by atoms with Crippen molar-refractivity contribution in [2.24, 2.45) is 4.99 Å². The standard InChI is InChI=1S/C20H28FN5/c1-22-19(23-12-4-14-26-15-5-13-25-26)24-16-20(10-2-3-11-20)17-6-8-18(21)9-7-17/h5-9,13,15H,2-4,10-12,14,16H2,1H3,(H2,22,23,24). The van der Waals surface area contributed by atoms with Crippen LogP contribution in [-0.2, 0) is 12.0 Å². The molecule has 3 rings (SSSR count). The van der Waals surface area contributed by atoms with Gasteiger partial charge in [0.05, 0.1) is 0 Å². The van der Waals surface area contributed by atoms with Crippen LogP contribution in [0.2, 0.25) is 0 Å². The van der Waals surface area contributed by atoms with Crippen LogP contribution in [0.5, 0.6) is 0 Å². The maximum absolute atomic E-state index is 13.3. The van der Waals surface area contributed by atoms with Crippen molar-refractivity contribution in [2.45, 2.75) is 44.1 Å². The lowest BCUT2D eigenvalue weighted by Gasteiger charge is -2.31. The minimum atomic E-state index is -0.176. The van der Waals surface area contributed by atoms with Gasteiger partial charge in [0, 0.05) is 44.5 Å². The van der Waals surface area contributed by atoms with E-state index in [4.69, 9.17) is 0 Å². The quantitative estimate of drug-likeness (QED) is 0.455. The second kappa shape index (κ2) is 8.83. The van der Waals surface area contributed by atoms with Crippen LogP contribution in [0.3, 0.4) is 0 Å². The van der Waals surface area contributed by atoms with Crippen LogP contribution in [0.15, 0.2) is 47.7 Å². The molecule has 0 aliphatic heterocycles. The van der Waals surface area contributed by atoms with Crippen molar-refractivity contribution in [3.05, 3.63) is 54.1 Å². The summed E-state index contributed by atoms with van der Waals surface area (Å²) in [6.45, 7) is 2.54. The number of aromatic nitrogens is 2. The van der Waals surface area contributed by atoms with Crippen molar-refractivity contribution >= 4 is 5.96 Å². The van der Waals surface area contributed by atoms with Crippen LogP contribution in [-0.4, -0.2) is 35.9 Å². The second-order valence-electron chi connectivity index (χ2n) is 6.97. The number of aliphatic imine (C=N–C) groups is 1. The Morgan fingerprint density at radius 2 is 2.00 bits per heavy atom. The smallest absolute Gasteiger partial charge is 0.191 e. The molecule has 0 bridgehead atoms. The van der Waals surface area contributed by atoms with Crippen LogP contribution >= 0.6 is 0 Å². The summed E-state index contributed by atoms with van der Waals surface area (Å²) in [6, 6.07) is 8.94. The normalized spacial score (nSPS) is 16.6. The lowest BCUT2D eigenvalue weighted by Crippen LogP contribution is -2.45. The summed E-state index contributed by atoms with van der Waals surface area (Å²) in [5, 5.41) is 11.1. The maximum Gasteiger partial charge on any atom is 0.191 e. The molecular weight excluding hydrogens is 329 g/mol. The molecule has 2 aromatic rings. The lowest BCUT2D eigenvalue weighted by molar-refractivity contribution is 0.430. The first-order chi connectivity index (χ1) is 12.7. The van der Waals surface area contributed by atoms with Gasteiger partial charge in [-0.1, -0.05) is 25.0 Å². The largest absolute Gasteiger partial charge is 0.356 e. The van der Waals surface area contributed by atoms with Gasteiger partial charge in [0.2, 0.25) is 0 Å². The second-order valence-corrected chi connectivity index (χ2v) is 6.97. The minimum Gasteiger partial charge on any atom is -0.356 e. The van der Waals surface area contributed by atoms with E-state index in [9.17, 15) is 4.39 Å². The predicted octanol–water partition coefficient (Wildman–Crippen LogP) is 3.09. The van der Waals surface area contributed by atoms with E-state index >= 15 is 0 Å². The third-order valence-corrected chi connectivity index (χ3v) is 5.25. The first-order valence-electron chi connectivity index (χ1n) is 9.40. The van der Waals surface area contributed by atoms with E-state index < -0.39 is 0 Å². The molecule has 1 heterocycles. The molecule has 1 fully saturated rings. The Morgan fingerprint density at radius 3 is 2.65 bits per heavy atom. The van der Waals surface area contributed by atoms with Crippen molar-refractivity contribution in [2.75, 3.05) is 20.1 Å². The molecule has 0 radical (unpaired) electrons. The van der Waals surface area contributed by atoms with Gasteiger partial charge in [-0.05, 0) is 43.0 Å². The highest BCUT2D eigenvalue weighted by Crippen LogP contribution is 2.40. The molecule has 1 saturated carbocycles. The molecule has 0 atom stereocenters. The molecule has 6 heteroatoms. The van der Waals surface area contributed by atoms with Gasteiger partial charge in [-0.25, -0.2) is 4.39 Å². The topological polar surface area (TPSA) is 54.2 Å². The molecule has 1 aliphatic rings. The van der Waals surface area contributed by atoms with E-state index in [0.29, 0.717) is 0 Å². The Balaban J connectivity index is 1.51. The molecule has 1 aliphatic carbocycles. The van der Waals surface area contributed by atoms with Gasteiger partial charge in [0.25, 0.3) is 0 Å². The molecule has 0 unspecified atom stereocenters. The molecule has 5 nitrogen and oxygen atoms in total. The van der Waals surface area contributed by atoms with Gasteiger partial charge in [-0.3, -0.25) is 9.67 Å². The van der Waals surface area contributed by atoms with Crippen molar-refractivity contribution < 1.29 is 4.39 Å². The summed E-state index contributed by atoms with van der Waals surface area (Å²) < 4.78 is 15.2. The third kappa shape index (κ3) is 4.62. The zero-order valence-corrected chi connectivity index (χ0v) is 15.4. The summed E-state index contributed by atoms with van der Waals surface area (Å²) in [6.07, 6.45) is 9.43. The molecule has 1 aromatic carbocycles. The number of benzene rings is 1. The molecule has 0 amide bonds. The van der Waals surface area contributed by atoms with Gasteiger partial charge in [-0.15, -0.1) is 0 Å². The number of aryl methyl sites for hydroxylation is 1. The molecule has 26 heavy (non-hydrogen) atoms. The summed E-state index contributed by atoms with van der Waals surface area (Å²) in [7, 11) is 1.79. The minimum absolute atomic E-state index is 0.0698. The average molecular weight is 357 g/mol. The highest BCUT2D eigenvalue weighted by molar-refractivity contribution is 5.79. The van der Waals surface area contributed by atoms with Crippen LogP contribution in [0.4, 0.5) is 4.39 Å². The molecule has 0 saturated heterocycles. The Bertz CT molecular complexity index is 688. The first-order valence-corrected chi connectivity index (χ1v) is 9.40. The molecule has 0 spiro atoms. The number of guanidine groups is 1. The fourth-order valence-electron chi connectivity index (χ4n) is 3.78. The summed E-state index contributed by atoms with van der Waals surface area (Å²) in [5.41, 5.74) is 1.29. The fourth-order valence-corrected chi connectivity index (χ4v) is 3.78. The summed E-state index contributed by atoms with van der Waals surface area (Å²) in [5.74, 6) is 0.642. The molecule has 2 N–H and O–H groups in total. The highest BCUT2D eigenvalue weighted by Gasteiger charge is 2.35. The van der Waals surface area contributed by atoms with Crippen molar-refractivity contribution in [3.8, 4) is 0 Å². The number of hydrogen-bond acceptors (Lipinski definition) is 2. The number of halogens is 1. The Labute approximate surface area is 154 Å². The zero-order valence-electron chi connectivity index (χ0n) is 15.4. The molecule has 140 valence electrons. The fraction of sp³-hybridized carbons (Fsp3) is 0.500. The van der Waals surface area contributed by atoms with Gasteiger partial charge < -0.3 is 10.6 Å². The SMILES string of the molecule is CN=C(NCCCn1cccn1)NCC1(c2ccc(F)cc2)CCCC1. The number of nitrogens with zero attached hydrogens (tertiary/aromatic N) is 3. The monoisotopic (exact) mass is 357 g/mol. The van der Waals surface area contributed by atoms with Crippen molar-refractivity contribution in [3.63, 3.8) is 0 Å². The lowest BCUT2D eigenvalue weighted by atomic mass is 9.79. The molecule has 1 aromatic heterocycles. The van der Waals surface area contributed by atoms with E-state index in [1.807, 2.05) is 29.1 Å². The Hall–Kier alpha value is -2.37. The van der Waals surface area contributed by atoms with Gasteiger partial charge in [0.1, 0.15) is 5.82 Å². The molecular formula is C20H28FN5. The van der Waals surface area contributed by atoms with Crippen molar-refractivity contribution in [1.82, 2.24) is 20.4 Å². The van der Waals surface area contributed by atoms with E-state index in [1.165, 1.54) is 18.4 Å². The van der Waals surface area contributed by atoms with Crippen LogP contribution in [0.25, 0.3) is 0 Å². The van der Waals surface area contributed by atoms with Gasteiger partial charge >= 0.3 is 0 Å². The Kier molecular flexibility index (Phi) is 6.26. The summed E-state index contributed by atoms with van der Waals surface area (Å²) in [4.78, 5) is 4.33. The van der Waals surface area contributed by atoms with E-state index in [-0.39, 0.29) is 11.2 Å². The predicted molar refractivity (Wildman–Crippen MR) is 103 cm³/mol. The highest BCUT2D eigenvalue weighted by atomic mass is 19.1. The first kappa shape index (κ1) is 18.4. The third-order valence-electron chi connectivity index (χ3n) is 5.25. The van der Waals surface area contributed by atoms with E-state index in [1.54, 1.807) is 25.4 Å². The van der Waals surface area contributed by atoms with E-state index in [2.05, 4.69) is 20.7 Å². The Morgan fingerprint density at radius 1 is 1.23 bits per heavy atom. The van der Waals surface area contributed by atoms with Gasteiger partial charge in [-0.2, -0.15) is 5.10 Å². The van der Waals surface area contributed by atoms with Crippen LogP contribution < -0.4 is 10.6 Å². The van der Waals surface area contributed by atoms with Gasteiger partial charge in [0.15, 0.2) is 5.96 Å². The summed E-state index contributed by atoms with van der Waals surface area (Å²) >= 11 is 0. The number of hydrogen-bond donors (Lipinski definition) is 2. The van der Waals surface area contributed by atoms with E-state index in [0.717, 1.165) is 44.9 Å². The number of rotatable bonds is 7. The van der Waals surface area contributed by atoms with Crippen molar-refractivity contribution in [1.29, 1.82) is 0 Å². The maximum atomic E-state index is 13.3. The number of nitrogens with one attached hydrogen (secondary N) is 2.